The molecule has 0 saturated heterocycles. The molecule has 1 N–H and O–H groups in total. The van der Waals surface area contributed by atoms with Gasteiger partial charge in [0.05, 0.1) is 0 Å². The zero-order valence-corrected chi connectivity index (χ0v) is 9.43. The van der Waals surface area contributed by atoms with Crippen molar-refractivity contribution in [3.63, 3.8) is 0 Å². The summed E-state index contributed by atoms with van der Waals surface area (Å²) in [6.45, 7) is 0. The van der Waals surface area contributed by atoms with Crippen LogP contribution in [0.4, 0.5) is 5.69 Å². The van der Waals surface area contributed by atoms with Crippen molar-refractivity contribution in [2.24, 2.45) is 0 Å². The Balaban J connectivity index is 2.88. The van der Waals surface area contributed by atoms with E-state index in [0.29, 0.717) is 0 Å². The summed E-state index contributed by atoms with van der Waals surface area (Å²) < 4.78 is 0.995. The molecule has 0 unspecified atom stereocenters. The van der Waals surface area contributed by atoms with Gasteiger partial charge in [-0.15, -0.1) is 0 Å². The average Bonchev–Trinajstić information content (AvgIpc) is 2.48. The molecular formula is C8H5N2O2Sn. The third kappa shape index (κ3) is 1.31. The van der Waals surface area contributed by atoms with Gasteiger partial charge in [-0.3, -0.25) is 0 Å². The number of hydrogen-bond donors (Lipinski definition) is 1. The zero-order chi connectivity index (χ0) is 9.42. The number of aromatic amines is 1. The van der Waals surface area contributed by atoms with Crippen LogP contribution in [0.25, 0.3) is 10.9 Å². The number of non-ortho nitro benzene ring substituents is 1. The van der Waals surface area contributed by atoms with Crippen LogP contribution < -0.4 is 3.58 Å². The second-order valence-electron chi connectivity index (χ2n) is 2.66. The van der Waals surface area contributed by atoms with E-state index in [1.165, 1.54) is 28.6 Å². The normalized spacial score (nSPS) is 10.5. The van der Waals surface area contributed by atoms with E-state index >= 15 is 0 Å². The molecule has 0 aliphatic carbocycles. The van der Waals surface area contributed by atoms with E-state index in [1.54, 1.807) is 6.07 Å². The monoisotopic (exact) mass is 281 g/mol. The molecule has 2 rings (SSSR count). The summed E-state index contributed by atoms with van der Waals surface area (Å²) in [6.07, 6.45) is 1.82. The first kappa shape index (κ1) is 8.55. The van der Waals surface area contributed by atoms with Crippen molar-refractivity contribution in [2.75, 3.05) is 0 Å². The first-order chi connectivity index (χ1) is 6.20. The van der Waals surface area contributed by atoms with Gasteiger partial charge in [0.1, 0.15) is 0 Å². The molecule has 1 aromatic heterocycles. The fraction of sp³-hybridized carbons (Fsp3) is 0. The second-order valence-corrected chi connectivity index (χ2v) is 4.20. The molecule has 2 aromatic rings. The van der Waals surface area contributed by atoms with Crippen LogP contribution in [0.1, 0.15) is 0 Å². The van der Waals surface area contributed by atoms with Gasteiger partial charge in [0.25, 0.3) is 0 Å². The Morgan fingerprint density at radius 1 is 1.46 bits per heavy atom. The van der Waals surface area contributed by atoms with Crippen LogP contribution >= 0.6 is 0 Å². The van der Waals surface area contributed by atoms with Crippen LogP contribution in [0.2, 0.25) is 0 Å². The van der Waals surface area contributed by atoms with E-state index in [-0.39, 0.29) is 10.6 Å². The molecule has 1 aromatic carbocycles. The van der Waals surface area contributed by atoms with E-state index in [0.717, 1.165) is 14.5 Å². The van der Waals surface area contributed by atoms with E-state index in [1.807, 2.05) is 12.3 Å². The molecule has 4 nitrogen and oxygen atoms in total. The number of fused-ring (bicyclic) bond motifs is 1. The molecule has 3 radical (unpaired) electrons. The summed E-state index contributed by atoms with van der Waals surface area (Å²) in [5, 5.41) is 11.4. The molecule has 0 aliphatic heterocycles. The molecule has 63 valence electrons. The SMILES string of the molecule is O=[N+]([O-])c1cccc2[nH]c[c]([Sn])c12. The maximum absolute atomic E-state index is 10.7. The summed E-state index contributed by atoms with van der Waals surface area (Å²) in [7, 11) is 0. The fourth-order valence-corrected chi connectivity index (χ4v) is 2.27. The Kier molecular flexibility index (Phi) is 1.99. The van der Waals surface area contributed by atoms with Crippen LogP contribution in [-0.4, -0.2) is 32.4 Å². The van der Waals surface area contributed by atoms with Gasteiger partial charge in [-0.25, -0.2) is 0 Å². The molecule has 0 fully saturated rings. The number of benzene rings is 1. The van der Waals surface area contributed by atoms with Crippen molar-refractivity contribution in [1.82, 2.24) is 4.98 Å². The Bertz CT molecular complexity index is 478. The van der Waals surface area contributed by atoms with Crippen LogP contribution in [0.3, 0.4) is 0 Å². The molecule has 5 heteroatoms. The molecule has 1 heterocycles. The molecule has 0 amide bonds. The first-order valence-electron chi connectivity index (χ1n) is 3.66. The van der Waals surface area contributed by atoms with Gasteiger partial charge in [0.2, 0.25) is 0 Å². The summed E-state index contributed by atoms with van der Waals surface area (Å²) in [6, 6.07) is 5.06. The van der Waals surface area contributed by atoms with Crippen LogP contribution in [0, 0.1) is 10.1 Å². The first-order valence-corrected chi connectivity index (χ1v) is 5.09. The number of nitro benzene ring substituents is 1. The zero-order valence-electron chi connectivity index (χ0n) is 6.57. The van der Waals surface area contributed by atoms with Gasteiger partial charge >= 0.3 is 87.1 Å². The third-order valence-corrected chi connectivity index (χ3v) is 3.01. The number of nitro groups is 1. The van der Waals surface area contributed by atoms with Crippen molar-refractivity contribution in [3.8, 4) is 0 Å². The summed E-state index contributed by atoms with van der Waals surface area (Å²) >= 11 is 1.18. The predicted molar refractivity (Wildman–Crippen MR) is 50.3 cm³/mol. The van der Waals surface area contributed by atoms with Gasteiger partial charge in [0, 0.05) is 0 Å². The Labute approximate surface area is 87.2 Å². The molecule has 0 saturated carbocycles. The van der Waals surface area contributed by atoms with Gasteiger partial charge in [-0.1, -0.05) is 0 Å². The third-order valence-electron chi connectivity index (χ3n) is 1.88. The molecular weight excluding hydrogens is 275 g/mol. The minimum atomic E-state index is -0.344. The maximum atomic E-state index is 10.7. The number of rotatable bonds is 1. The molecule has 0 atom stereocenters. The number of nitrogens with one attached hydrogen (secondary N) is 1. The molecule has 0 bridgehead atoms. The summed E-state index contributed by atoms with van der Waals surface area (Å²) in [4.78, 5) is 13.3. The molecule has 0 aliphatic rings. The van der Waals surface area contributed by atoms with E-state index in [9.17, 15) is 10.1 Å². The van der Waals surface area contributed by atoms with Crippen LogP contribution in [0.15, 0.2) is 24.4 Å². The Morgan fingerprint density at radius 3 is 2.92 bits per heavy atom. The quantitative estimate of drug-likeness (QED) is 0.478. The van der Waals surface area contributed by atoms with Crippen molar-refractivity contribution >= 4 is 42.7 Å². The minimum absolute atomic E-state index is 0.186. The van der Waals surface area contributed by atoms with Crippen molar-refractivity contribution in [2.45, 2.75) is 0 Å². The number of aromatic nitrogens is 1. The van der Waals surface area contributed by atoms with Gasteiger partial charge in [-0.2, -0.15) is 0 Å². The standard InChI is InChI=1S/C8H5N2O2.Sn/c11-10(12)8-3-1-2-7-6(8)4-5-9-7;/h1-3,5,9H;. The van der Waals surface area contributed by atoms with Crippen molar-refractivity contribution in [1.29, 1.82) is 0 Å². The number of H-pyrrole nitrogens is 1. The predicted octanol–water partition coefficient (Wildman–Crippen LogP) is 0.870. The molecule has 13 heavy (non-hydrogen) atoms. The van der Waals surface area contributed by atoms with E-state index < -0.39 is 0 Å². The van der Waals surface area contributed by atoms with Crippen molar-refractivity contribution < 1.29 is 4.92 Å². The molecule has 0 spiro atoms. The topological polar surface area (TPSA) is 58.9 Å². The number of hydrogen-bond acceptors (Lipinski definition) is 2. The van der Waals surface area contributed by atoms with Gasteiger partial charge in [0.15, 0.2) is 0 Å². The van der Waals surface area contributed by atoms with Crippen LogP contribution in [-0.2, 0) is 0 Å². The summed E-state index contributed by atoms with van der Waals surface area (Å²) in [5.41, 5.74) is 1.02. The van der Waals surface area contributed by atoms with E-state index in [2.05, 4.69) is 4.98 Å². The summed E-state index contributed by atoms with van der Waals surface area (Å²) in [5.74, 6) is 0. The van der Waals surface area contributed by atoms with Crippen LogP contribution in [0.5, 0.6) is 0 Å². The number of nitrogens with zero attached hydrogens (tertiary/aromatic N) is 1. The Hall–Kier alpha value is -1.04. The second kappa shape index (κ2) is 3.02. The van der Waals surface area contributed by atoms with Crippen molar-refractivity contribution in [3.05, 3.63) is 34.5 Å². The van der Waals surface area contributed by atoms with E-state index in [4.69, 9.17) is 0 Å². The van der Waals surface area contributed by atoms with Gasteiger partial charge < -0.3 is 0 Å². The average molecular weight is 280 g/mol. The van der Waals surface area contributed by atoms with Gasteiger partial charge in [-0.05, 0) is 0 Å². The Morgan fingerprint density at radius 2 is 2.23 bits per heavy atom. The fourth-order valence-electron chi connectivity index (χ4n) is 1.32.